The smallest absolute Gasteiger partial charge is 0.407 e. The van der Waals surface area contributed by atoms with Crippen LogP contribution >= 0.6 is 0 Å². The van der Waals surface area contributed by atoms with Crippen LogP contribution in [0.2, 0.25) is 0 Å². The molecule has 0 bridgehead atoms. The average Bonchev–Trinajstić information content (AvgIpc) is 2.98. The molecule has 11 heteroatoms. The number of piperidine rings is 1. The van der Waals surface area contributed by atoms with E-state index in [4.69, 9.17) is 9.47 Å². The van der Waals surface area contributed by atoms with Crippen molar-refractivity contribution in [1.82, 2.24) is 20.2 Å². The summed E-state index contributed by atoms with van der Waals surface area (Å²) >= 11 is 0. The van der Waals surface area contributed by atoms with Gasteiger partial charge in [-0.2, -0.15) is 0 Å². The van der Waals surface area contributed by atoms with Gasteiger partial charge in [0.15, 0.2) is 17.3 Å². The minimum Gasteiger partial charge on any atom is -0.450 e. The Morgan fingerprint density at radius 3 is 2.39 bits per heavy atom. The molecule has 3 aliphatic rings. The highest BCUT2D eigenvalue weighted by Crippen LogP contribution is 2.45. The molecular weight excluding hydrogens is 587 g/mol. The summed E-state index contributed by atoms with van der Waals surface area (Å²) in [6, 6.07) is 4.33. The first kappa shape index (κ1) is 33.9. The Hall–Kier alpha value is -3.47. The number of aromatic nitrogens is 2. The van der Waals surface area contributed by atoms with Crippen LogP contribution in [-0.2, 0) is 9.53 Å². The van der Waals surface area contributed by atoms with Crippen LogP contribution < -0.4 is 20.3 Å². The minimum atomic E-state index is -0.605. The quantitative estimate of drug-likeness (QED) is 0.310. The van der Waals surface area contributed by atoms with E-state index in [0.29, 0.717) is 29.7 Å². The monoisotopic (exact) mass is 638 g/mol. The molecule has 1 aromatic heterocycles. The zero-order valence-electron chi connectivity index (χ0n) is 28.3. The van der Waals surface area contributed by atoms with Crippen molar-refractivity contribution in [2.75, 3.05) is 42.9 Å². The van der Waals surface area contributed by atoms with Crippen LogP contribution in [0, 0.1) is 22.6 Å². The molecule has 0 atom stereocenters. The maximum absolute atomic E-state index is 14.2. The van der Waals surface area contributed by atoms with Gasteiger partial charge >= 0.3 is 6.09 Å². The standard InChI is InChI=1S/C35H51FN6O4/c1-7-34(5,6)31(43)40-27-18-25(36)10-13-28(27)45-29-19-37-23-38-30(29)42-21-35(22-42)14-16-41(17-15-35)20-24-8-11-26(12-9-24)39-32(44)46-33(2,3)4/h10,13,18-19,23-24,26H,7-9,11-12,14-17,20-22H2,1-6H3,(H,39,44)(H,40,43). The van der Waals surface area contributed by atoms with Crippen molar-refractivity contribution in [2.45, 2.75) is 98.1 Å². The van der Waals surface area contributed by atoms with Crippen LogP contribution in [0.1, 0.15) is 86.5 Å². The maximum atomic E-state index is 14.2. The summed E-state index contributed by atoms with van der Waals surface area (Å²) in [6.45, 7) is 16.4. The number of carbonyl (C=O) groups is 2. The van der Waals surface area contributed by atoms with Gasteiger partial charge in [-0.05, 0) is 96.9 Å². The first-order chi connectivity index (χ1) is 21.7. The second-order valence-corrected chi connectivity index (χ2v) is 15.2. The van der Waals surface area contributed by atoms with Crippen LogP contribution in [0.5, 0.6) is 11.5 Å². The second-order valence-electron chi connectivity index (χ2n) is 15.2. The molecule has 2 amide bonds. The Labute approximate surface area is 272 Å². The molecule has 2 N–H and O–H groups in total. The third-order valence-corrected chi connectivity index (χ3v) is 9.92. The third kappa shape index (κ3) is 8.46. The molecule has 2 saturated heterocycles. The van der Waals surface area contributed by atoms with Crippen LogP contribution in [-0.4, -0.2) is 71.2 Å². The number of anilines is 2. The molecule has 2 aromatic rings. The molecule has 2 aliphatic heterocycles. The zero-order chi connectivity index (χ0) is 33.1. The Kier molecular flexibility index (Phi) is 10.1. The summed E-state index contributed by atoms with van der Waals surface area (Å²) in [5, 5.41) is 5.90. The van der Waals surface area contributed by atoms with E-state index in [1.54, 1.807) is 6.20 Å². The Bertz CT molecular complexity index is 1370. The molecule has 1 aromatic carbocycles. The van der Waals surface area contributed by atoms with Gasteiger partial charge in [-0.1, -0.05) is 20.8 Å². The van der Waals surface area contributed by atoms with Crippen LogP contribution in [0.25, 0.3) is 0 Å². The fourth-order valence-corrected chi connectivity index (χ4v) is 6.65. The van der Waals surface area contributed by atoms with Crippen LogP contribution in [0.15, 0.2) is 30.7 Å². The molecule has 5 rings (SSSR count). The highest BCUT2D eigenvalue weighted by Gasteiger charge is 2.46. The van der Waals surface area contributed by atoms with Gasteiger partial charge in [0.1, 0.15) is 17.7 Å². The molecule has 0 radical (unpaired) electrons. The van der Waals surface area contributed by atoms with E-state index in [1.807, 2.05) is 41.5 Å². The average molecular weight is 639 g/mol. The summed E-state index contributed by atoms with van der Waals surface area (Å²) < 4.78 is 25.9. The van der Waals surface area contributed by atoms with Crippen molar-refractivity contribution in [3.8, 4) is 11.5 Å². The lowest BCUT2D eigenvalue weighted by molar-refractivity contribution is -0.124. The van der Waals surface area contributed by atoms with E-state index in [-0.39, 0.29) is 29.1 Å². The number of rotatable bonds is 9. The van der Waals surface area contributed by atoms with E-state index in [9.17, 15) is 14.0 Å². The predicted molar refractivity (Wildman–Crippen MR) is 177 cm³/mol. The lowest BCUT2D eigenvalue weighted by Gasteiger charge is -2.54. The van der Waals surface area contributed by atoms with Crippen molar-refractivity contribution in [2.24, 2.45) is 16.7 Å². The number of ether oxygens (including phenoxy) is 2. The van der Waals surface area contributed by atoms with Crippen LogP contribution in [0.4, 0.5) is 20.7 Å². The minimum absolute atomic E-state index is 0.200. The zero-order valence-corrected chi connectivity index (χ0v) is 28.3. The molecular formula is C35H51FN6O4. The summed E-state index contributed by atoms with van der Waals surface area (Å²) in [5.41, 5.74) is -0.544. The molecule has 10 nitrogen and oxygen atoms in total. The summed E-state index contributed by atoms with van der Waals surface area (Å²) in [7, 11) is 0. The fraction of sp³-hybridized carbons (Fsp3) is 0.657. The molecule has 46 heavy (non-hydrogen) atoms. The van der Waals surface area contributed by atoms with Crippen molar-refractivity contribution in [3.63, 3.8) is 0 Å². The summed E-state index contributed by atoms with van der Waals surface area (Å²) in [6.07, 6.45) is 10.0. The van der Waals surface area contributed by atoms with Gasteiger partial charge in [0.2, 0.25) is 5.91 Å². The van der Waals surface area contributed by atoms with E-state index in [1.165, 1.54) is 24.5 Å². The van der Waals surface area contributed by atoms with Crippen molar-refractivity contribution < 1.29 is 23.5 Å². The third-order valence-electron chi connectivity index (χ3n) is 9.92. The van der Waals surface area contributed by atoms with Gasteiger partial charge in [-0.3, -0.25) is 4.79 Å². The first-order valence-corrected chi connectivity index (χ1v) is 16.8. The molecule has 1 spiro atoms. The molecule has 3 heterocycles. The first-order valence-electron chi connectivity index (χ1n) is 16.8. The van der Waals surface area contributed by atoms with Crippen LogP contribution in [0.3, 0.4) is 0 Å². The lowest BCUT2D eigenvalue weighted by Crippen LogP contribution is -2.61. The number of alkyl carbamates (subject to hydrolysis) is 1. The number of hydrogen-bond acceptors (Lipinski definition) is 8. The highest BCUT2D eigenvalue weighted by atomic mass is 19.1. The van der Waals surface area contributed by atoms with Gasteiger partial charge in [0.25, 0.3) is 0 Å². The summed E-state index contributed by atoms with van der Waals surface area (Å²) in [5.74, 6) is 1.53. The van der Waals surface area contributed by atoms with Gasteiger partial charge < -0.3 is 29.9 Å². The van der Waals surface area contributed by atoms with Crippen molar-refractivity contribution in [3.05, 3.63) is 36.5 Å². The Morgan fingerprint density at radius 2 is 1.74 bits per heavy atom. The number of likely N-dealkylation sites (tertiary alicyclic amines) is 1. The Balaban J connectivity index is 1.11. The van der Waals surface area contributed by atoms with Gasteiger partial charge in [-0.15, -0.1) is 0 Å². The predicted octanol–water partition coefficient (Wildman–Crippen LogP) is 6.77. The number of carbonyl (C=O) groups excluding carboxylic acids is 2. The Morgan fingerprint density at radius 1 is 1.04 bits per heavy atom. The lowest BCUT2D eigenvalue weighted by atomic mass is 9.71. The number of benzene rings is 1. The van der Waals surface area contributed by atoms with E-state index >= 15 is 0 Å². The molecule has 0 unspecified atom stereocenters. The SMILES string of the molecule is CCC(C)(C)C(=O)Nc1cc(F)ccc1Oc1cncnc1N1CC2(CCN(CC3CCC(NC(=O)OC(C)(C)C)CC3)CC2)C1. The van der Waals surface area contributed by atoms with Gasteiger partial charge in [-0.25, -0.2) is 19.2 Å². The second kappa shape index (κ2) is 13.7. The molecule has 1 saturated carbocycles. The number of nitrogens with one attached hydrogen (secondary N) is 2. The molecule has 3 fully saturated rings. The number of amides is 2. The molecule has 252 valence electrons. The normalized spacial score (nSPS) is 21.8. The van der Waals surface area contributed by atoms with Crippen molar-refractivity contribution in [1.29, 1.82) is 0 Å². The van der Waals surface area contributed by atoms with Gasteiger partial charge in [0, 0.05) is 42.6 Å². The highest BCUT2D eigenvalue weighted by molar-refractivity contribution is 5.96. The molecule has 1 aliphatic carbocycles. The topological polar surface area (TPSA) is 109 Å². The fourth-order valence-electron chi connectivity index (χ4n) is 6.65. The summed E-state index contributed by atoms with van der Waals surface area (Å²) in [4.78, 5) is 38.6. The maximum Gasteiger partial charge on any atom is 0.407 e. The number of hydrogen-bond donors (Lipinski definition) is 2. The number of halogens is 1. The van der Waals surface area contributed by atoms with E-state index in [0.717, 1.165) is 71.2 Å². The number of nitrogens with zero attached hydrogens (tertiary/aromatic N) is 4. The largest absolute Gasteiger partial charge is 0.450 e. The van der Waals surface area contributed by atoms with E-state index in [2.05, 4.69) is 30.4 Å². The van der Waals surface area contributed by atoms with E-state index < -0.39 is 16.8 Å². The van der Waals surface area contributed by atoms with Crippen molar-refractivity contribution >= 4 is 23.5 Å². The van der Waals surface area contributed by atoms with Gasteiger partial charge in [0.05, 0.1) is 11.9 Å².